The molecule has 0 radical (unpaired) electrons. The molecule has 2 aliphatic rings. The van der Waals surface area contributed by atoms with Crippen LogP contribution in [-0.4, -0.2) is 24.0 Å². The van der Waals surface area contributed by atoms with Crippen molar-refractivity contribution in [1.29, 1.82) is 0 Å². The van der Waals surface area contributed by atoms with E-state index in [1.54, 1.807) is 10.4 Å². The van der Waals surface area contributed by atoms with E-state index < -0.39 is 0 Å². The van der Waals surface area contributed by atoms with Crippen LogP contribution in [-0.2, 0) is 13.1 Å². The van der Waals surface area contributed by atoms with Gasteiger partial charge in [-0.25, -0.2) is 0 Å². The highest BCUT2D eigenvalue weighted by Gasteiger charge is 2.37. The van der Waals surface area contributed by atoms with Crippen LogP contribution in [0.2, 0.25) is 0 Å². The fourth-order valence-corrected chi connectivity index (χ4v) is 5.31. The largest absolute Gasteiger partial charge is 0.312 e. The maximum atomic E-state index is 3.52. The summed E-state index contributed by atoms with van der Waals surface area (Å²) in [5, 5.41) is 5.00. The van der Waals surface area contributed by atoms with Crippen LogP contribution in [0.1, 0.15) is 36.6 Å². The van der Waals surface area contributed by atoms with Gasteiger partial charge in [0, 0.05) is 35.3 Å². The van der Waals surface area contributed by atoms with E-state index >= 15 is 0 Å². The van der Waals surface area contributed by atoms with Crippen molar-refractivity contribution in [3.05, 3.63) is 34.7 Å². The summed E-state index contributed by atoms with van der Waals surface area (Å²) in [5.74, 6) is 0.983. The molecule has 2 atom stereocenters. The molecule has 112 valence electrons. The monoisotopic (exact) mass is 300 g/mol. The number of rotatable bonds is 5. The lowest BCUT2D eigenvalue weighted by atomic mass is 10.1. The second-order valence-corrected chi connectivity index (χ2v) is 7.68. The van der Waals surface area contributed by atoms with E-state index in [9.17, 15) is 0 Å². The molecule has 1 aromatic heterocycles. The summed E-state index contributed by atoms with van der Waals surface area (Å²) >= 11 is 1.98. The Labute approximate surface area is 131 Å². The molecule has 1 aliphatic carbocycles. The third kappa shape index (κ3) is 2.52. The lowest BCUT2D eigenvalue weighted by molar-refractivity contribution is 0.206. The molecule has 2 unspecified atom stereocenters. The predicted octanol–water partition coefficient (Wildman–Crippen LogP) is 4.00. The Balaban J connectivity index is 1.65. The number of piperidine rings is 1. The fraction of sp³-hybridized carbons (Fsp3) is 0.556. The van der Waals surface area contributed by atoms with Gasteiger partial charge in [0.25, 0.3) is 0 Å². The zero-order valence-electron chi connectivity index (χ0n) is 12.8. The lowest BCUT2D eigenvalue weighted by Gasteiger charge is -2.27. The van der Waals surface area contributed by atoms with Crippen LogP contribution < -0.4 is 5.32 Å². The van der Waals surface area contributed by atoms with Crippen LogP contribution >= 0.6 is 11.3 Å². The van der Waals surface area contributed by atoms with Crippen LogP contribution in [0.3, 0.4) is 0 Å². The standard InChI is InChI=1S/C18H24N2S/c1-2-19-10-18-16(15-5-3-4-6-17(15)21-18)12-20-11-13-7-8-14(20)9-13/h3-6,13-14,19H,2,7-12H2,1H3. The van der Waals surface area contributed by atoms with E-state index in [0.717, 1.165) is 31.6 Å². The second kappa shape index (κ2) is 5.71. The van der Waals surface area contributed by atoms with Gasteiger partial charge in [-0.15, -0.1) is 11.3 Å². The molecule has 2 heterocycles. The van der Waals surface area contributed by atoms with Crippen molar-refractivity contribution in [3.63, 3.8) is 0 Å². The van der Waals surface area contributed by atoms with Crippen molar-refractivity contribution in [1.82, 2.24) is 10.2 Å². The first-order valence-electron chi connectivity index (χ1n) is 8.29. The first-order valence-corrected chi connectivity index (χ1v) is 9.11. The molecule has 1 aromatic carbocycles. The third-order valence-electron chi connectivity index (χ3n) is 5.20. The number of thiophene rings is 1. The number of nitrogens with zero attached hydrogens (tertiary/aromatic N) is 1. The highest BCUT2D eigenvalue weighted by atomic mass is 32.1. The highest BCUT2D eigenvalue weighted by Crippen LogP contribution is 2.40. The molecule has 2 nitrogen and oxygen atoms in total. The minimum absolute atomic E-state index is 0.862. The van der Waals surface area contributed by atoms with E-state index in [2.05, 4.69) is 41.4 Å². The van der Waals surface area contributed by atoms with Gasteiger partial charge < -0.3 is 5.32 Å². The van der Waals surface area contributed by atoms with Crippen LogP contribution in [0.25, 0.3) is 10.1 Å². The molecular formula is C18H24N2S. The summed E-state index contributed by atoms with van der Waals surface area (Å²) < 4.78 is 1.45. The molecule has 2 fully saturated rings. The first kappa shape index (κ1) is 13.7. The Morgan fingerprint density at radius 1 is 1.29 bits per heavy atom. The van der Waals surface area contributed by atoms with Gasteiger partial charge in [-0.05, 0) is 48.7 Å². The maximum Gasteiger partial charge on any atom is 0.0349 e. The van der Waals surface area contributed by atoms with Crippen molar-refractivity contribution in [2.75, 3.05) is 13.1 Å². The topological polar surface area (TPSA) is 15.3 Å². The van der Waals surface area contributed by atoms with E-state index in [0.29, 0.717) is 0 Å². The number of hydrogen-bond acceptors (Lipinski definition) is 3. The van der Waals surface area contributed by atoms with Crippen LogP contribution in [0.4, 0.5) is 0 Å². The molecule has 3 heteroatoms. The normalized spacial score (nSPS) is 25.2. The van der Waals surface area contributed by atoms with E-state index in [1.807, 2.05) is 11.3 Å². The average Bonchev–Trinajstić information content (AvgIpc) is 3.20. The van der Waals surface area contributed by atoms with E-state index in [4.69, 9.17) is 0 Å². The molecule has 1 saturated carbocycles. The molecular weight excluding hydrogens is 276 g/mol. The number of nitrogens with one attached hydrogen (secondary N) is 1. The summed E-state index contributed by atoms with van der Waals surface area (Å²) in [6.07, 6.45) is 4.34. The summed E-state index contributed by atoms with van der Waals surface area (Å²) in [5.41, 5.74) is 1.59. The molecule has 2 aromatic rings. The maximum absolute atomic E-state index is 3.52. The molecule has 21 heavy (non-hydrogen) atoms. The quantitative estimate of drug-likeness (QED) is 0.898. The minimum Gasteiger partial charge on any atom is -0.312 e. The Morgan fingerprint density at radius 2 is 2.19 bits per heavy atom. The van der Waals surface area contributed by atoms with Crippen molar-refractivity contribution in [2.45, 2.75) is 45.3 Å². The lowest BCUT2D eigenvalue weighted by Crippen LogP contribution is -2.31. The number of likely N-dealkylation sites (tertiary alicyclic amines) is 1. The summed E-state index contributed by atoms with van der Waals surface area (Å²) in [6, 6.07) is 9.80. The molecule has 1 aliphatic heterocycles. The Hall–Kier alpha value is -0.900. The predicted molar refractivity (Wildman–Crippen MR) is 90.7 cm³/mol. The Morgan fingerprint density at radius 3 is 2.95 bits per heavy atom. The molecule has 4 rings (SSSR count). The summed E-state index contributed by atoms with van der Waals surface area (Å²) in [7, 11) is 0. The van der Waals surface area contributed by atoms with Gasteiger partial charge in [-0.1, -0.05) is 25.1 Å². The average molecular weight is 300 g/mol. The minimum atomic E-state index is 0.862. The number of hydrogen-bond donors (Lipinski definition) is 1. The van der Waals surface area contributed by atoms with Crippen molar-refractivity contribution < 1.29 is 0 Å². The molecule has 1 saturated heterocycles. The molecule has 0 amide bonds. The van der Waals surface area contributed by atoms with Gasteiger partial charge in [-0.2, -0.15) is 0 Å². The van der Waals surface area contributed by atoms with Crippen LogP contribution in [0, 0.1) is 5.92 Å². The van der Waals surface area contributed by atoms with Gasteiger partial charge in [0.2, 0.25) is 0 Å². The zero-order valence-corrected chi connectivity index (χ0v) is 13.6. The molecule has 2 bridgehead atoms. The third-order valence-corrected chi connectivity index (χ3v) is 6.41. The van der Waals surface area contributed by atoms with Gasteiger partial charge >= 0.3 is 0 Å². The molecule has 1 N–H and O–H groups in total. The van der Waals surface area contributed by atoms with Crippen LogP contribution in [0.15, 0.2) is 24.3 Å². The van der Waals surface area contributed by atoms with E-state index in [1.165, 1.54) is 35.9 Å². The van der Waals surface area contributed by atoms with Gasteiger partial charge in [0.15, 0.2) is 0 Å². The van der Waals surface area contributed by atoms with Crippen molar-refractivity contribution >= 4 is 21.4 Å². The van der Waals surface area contributed by atoms with Gasteiger partial charge in [0.05, 0.1) is 0 Å². The van der Waals surface area contributed by atoms with Gasteiger partial charge in [-0.3, -0.25) is 4.90 Å². The second-order valence-electron chi connectivity index (χ2n) is 6.54. The molecule has 0 spiro atoms. The van der Waals surface area contributed by atoms with E-state index in [-0.39, 0.29) is 0 Å². The smallest absolute Gasteiger partial charge is 0.0349 e. The van der Waals surface area contributed by atoms with Crippen LogP contribution in [0.5, 0.6) is 0 Å². The zero-order chi connectivity index (χ0) is 14.2. The Bertz CT molecular complexity index is 633. The van der Waals surface area contributed by atoms with Crippen molar-refractivity contribution in [3.8, 4) is 0 Å². The number of fused-ring (bicyclic) bond motifs is 3. The highest BCUT2D eigenvalue weighted by molar-refractivity contribution is 7.19. The summed E-state index contributed by atoms with van der Waals surface area (Å²) in [6.45, 7) is 6.74. The Kier molecular flexibility index (Phi) is 3.74. The first-order chi connectivity index (χ1) is 10.3. The SMILES string of the molecule is CCNCc1sc2ccccc2c1CN1CC2CCC1C2. The number of benzene rings is 1. The van der Waals surface area contributed by atoms with Gasteiger partial charge in [0.1, 0.15) is 0 Å². The van der Waals surface area contributed by atoms with Crippen molar-refractivity contribution in [2.24, 2.45) is 5.92 Å². The fourth-order valence-electron chi connectivity index (χ4n) is 4.13. The summed E-state index contributed by atoms with van der Waals surface area (Å²) in [4.78, 5) is 4.29.